The Kier molecular flexibility index (Phi) is 8.14. The number of ether oxygens (including phenoxy) is 1. The third kappa shape index (κ3) is 5.09. The summed E-state index contributed by atoms with van der Waals surface area (Å²) in [6, 6.07) is 25.1. The Bertz CT molecular complexity index is 2200. The molecule has 0 aromatic heterocycles. The molecule has 1 saturated carbocycles. The first-order valence-corrected chi connectivity index (χ1v) is 17.5. The number of aromatic hydroxyl groups is 1. The summed E-state index contributed by atoms with van der Waals surface area (Å²) in [5.41, 5.74) is 2.05. The van der Waals surface area contributed by atoms with Crippen molar-refractivity contribution in [2.45, 2.75) is 32.3 Å². The van der Waals surface area contributed by atoms with Crippen LogP contribution in [0.4, 0.5) is 15.8 Å². The lowest BCUT2D eigenvalue weighted by atomic mass is 9.51. The van der Waals surface area contributed by atoms with Gasteiger partial charge in [0, 0.05) is 17.5 Å². The van der Waals surface area contributed by atoms with Gasteiger partial charge in [-0.25, -0.2) is 9.29 Å². The summed E-state index contributed by atoms with van der Waals surface area (Å²) in [6.45, 7) is 5.76. The zero-order chi connectivity index (χ0) is 36.5. The van der Waals surface area contributed by atoms with Gasteiger partial charge in [0.2, 0.25) is 23.6 Å². The minimum absolute atomic E-state index is 0.122. The van der Waals surface area contributed by atoms with Gasteiger partial charge in [0.15, 0.2) is 0 Å². The Morgan fingerprint density at radius 3 is 2.33 bits per heavy atom. The number of amides is 4. The fourth-order valence-electron chi connectivity index (χ4n) is 8.84. The van der Waals surface area contributed by atoms with Crippen molar-refractivity contribution in [1.82, 2.24) is 0 Å². The lowest BCUT2D eigenvalue weighted by molar-refractivity contribution is -0.131. The first kappa shape index (κ1) is 33.6. The van der Waals surface area contributed by atoms with E-state index in [1.807, 2.05) is 36.4 Å². The molecule has 2 saturated heterocycles. The molecule has 2 heterocycles. The topological polar surface area (TPSA) is 104 Å². The van der Waals surface area contributed by atoms with Crippen LogP contribution >= 0.6 is 11.6 Å². The third-order valence-electron chi connectivity index (χ3n) is 11.4. The number of hydrogen-bond acceptors (Lipinski definition) is 6. The van der Waals surface area contributed by atoms with Crippen molar-refractivity contribution in [3.63, 3.8) is 0 Å². The van der Waals surface area contributed by atoms with Crippen LogP contribution in [-0.4, -0.2) is 28.7 Å². The van der Waals surface area contributed by atoms with Gasteiger partial charge in [-0.15, -0.1) is 0 Å². The van der Waals surface area contributed by atoms with Gasteiger partial charge in [-0.2, -0.15) is 0 Å². The molecule has 3 fully saturated rings. The number of nitrogens with zero attached hydrogens (tertiary/aromatic N) is 2. The van der Waals surface area contributed by atoms with E-state index < -0.39 is 52.6 Å². The minimum Gasteiger partial charge on any atom is -0.508 e. The van der Waals surface area contributed by atoms with Crippen LogP contribution in [0.5, 0.6) is 11.5 Å². The number of carbonyl (C=O) groups is 4. The van der Waals surface area contributed by atoms with E-state index >= 15 is 0 Å². The predicted octanol–water partition coefficient (Wildman–Crippen LogP) is 7.84. The summed E-state index contributed by atoms with van der Waals surface area (Å²) in [7, 11) is 0. The molecule has 2 aliphatic carbocycles. The SMILES string of the molecule is C=Cc1ccc(N2C(=O)[C@H]3[C@H](CC=C4[C@H]3C[C@H]3C(=O)N(c5ccc(F)c(Cl)c5)C(=O)[C@@]3(C)[C@H]4c3ccc(OCc4ccccc4)cc3O)C2=O)cc1. The number of anilines is 2. The summed E-state index contributed by atoms with van der Waals surface area (Å²) >= 11 is 6.11. The zero-order valence-corrected chi connectivity index (χ0v) is 28.9. The molecule has 0 radical (unpaired) electrons. The number of benzene rings is 4. The lowest BCUT2D eigenvalue weighted by Crippen LogP contribution is -2.48. The van der Waals surface area contributed by atoms with Gasteiger partial charge in [0.25, 0.3) is 0 Å². The van der Waals surface area contributed by atoms with Crippen LogP contribution in [0.3, 0.4) is 0 Å². The van der Waals surface area contributed by atoms with Crippen molar-refractivity contribution in [1.29, 1.82) is 0 Å². The third-order valence-corrected chi connectivity index (χ3v) is 11.7. The Morgan fingerprint density at radius 1 is 0.904 bits per heavy atom. The summed E-state index contributed by atoms with van der Waals surface area (Å²) < 4.78 is 20.2. The fraction of sp³-hybridized carbons (Fsp3) is 0.238. The van der Waals surface area contributed by atoms with E-state index in [1.54, 1.807) is 49.4 Å². The predicted molar refractivity (Wildman–Crippen MR) is 194 cm³/mol. The monoisotopic (exact) mass is 716 g/mol. The molecule has 8 nitrogen and oxygen atoms in total. The maximum absolute atomic E-state index is 14.7. The van der Waals surface area contributed by atoms with Crippen molar-refractivity contribution < 1.29 is 33.4 Å². The molecular formula is C42H34ClFN2O6. The molecule has 4 aliphatic rings. The standard InChI is InChI=1S/C42H34ClFN2O6/c1-3-23-9-11-25(12-10-23)45-38(48)30-17-16-28-31(36(30)40(45)50)21-32-39(49)46(26-13-18-34(44)33(43)19-26)41(51)42(32,2)37(28)29-15-14-27(20-35(29)47)52-22-24-7-5-4-6-8-24/h3-16,18-20,30-32,36-37,47H,1,17,21-22H2,2H3/t30-,31+,32-,36-,37+,42+/m0/s1. The van der Waals surface area contributed by atoms with E-state index in [9.17, 15) is 28.7 Å². The molecule has 262 valence electrons. The number of phenols is 1. The summed E-state index contributed by atoms with van der Waals surface area (Å²) in [5.74, 6) is -5.97. The minimum atomic E-state index is -1.41. The molecule has 4 aromatic carbocycles. The second-order valence-electron chi connectivity index (χ2n) is 14.1. The van der Waals surface area contributed by atoms with Gasteiger partial charge < -0.3 is 9.84 Å². The molecule has 0 spiro atoms. The van der Waals surface area contributed by atoms with Gasteiger partial charge >= 0.3 is 0 Å². The van der Waals surface area contributed by atoms with Crippen molar-refractivity contribution in [2.24, 2.45) is 29.1 Å². The number of hydrogen-bond donors (Lipinski definition) is 1. The van der Waals surface area contributed by atoms with E-state index in [-0.39, 0.29) is 47.7 Å². The lowest BCUT2D eigenvalue weighted by Gasteiger charge is -2.49. The Balaban J connectivity index is 1.22. The van der Waals surface area contributed by atoms with Crippen molar-refractivity contribution in [2.75, 3.05) is 9.80 Å². The number of phenolic OH excluding ortho intramolecular Hbond substituents is 1. The van der Waals surface area contributed by atoms with Gasteiger partial charge in [0.1, 0.15) is 23.9 Å². The number of imide groups is 2. The van der Waals surface area contributed by atoms with Crippen LogP contribution in [0.15, 0.2) is 109 Å². The summed E-state index contributed by atoms with van der Waals surface area (Å²) in [6.07, 6.45) is 3.96. The molecule has 6 atom stereocenters. The molecule has 2 aliphatic heterocycles. The first-order valence-electron chi connectivity index (χ1n) is 17.2. The summed E-state index contributed by atoms with van der Waals surface area (Å²) in [5, 5.41) is 11.4. The van der Waals surface area contributed by atoms with Crippen LogP contribution in [0.1, 0.15) is 42.4 Å². The van der Waals surface area contributed by atoms with Crippen LogP contribution in [0.25, 0.3) is 6.08 Å². The van der Waals surface area contributed by atoms with Crippen LogP contribution in [0, 0.1) is 34.9 Å². The average Bonchev–Trinajstić information content (AvgIpc) is 3.52. The molecular weight excluding hydrogens is 683 g/mol. The molecule has 0 bridgehead atoms. The summed E-state index contributed by atoms with van der Waals surface area (Å²) in [4.78, 5) is 59.7. The van der Waals surface area contributed by atoms with Gasteiger partial charge in [0.05, 0.1) is 39.6 Å². The number of halogens is 2. The van der Waals surface area contributed by atoms with Crippen LogP contribution in [0.2, 0.25) is 5.02 Å². The maximum atomic E-state index is 14.7. The van der Waals surface area contributed by atoms with Crippen molar-refractivity contribution in [3.05, 3.63) is 137 Å². The molecule has 1 N–H and O–H groups in total. The Morgan fingerprint density at radius 2 is 1.63 bits per heavy atom. The largest absolute Gasteiger partial charge is 0.508 e. The zero-order valence-electron chi connectivity index (χ0n) is 28.2. The van der Waals surface area contributed by atoms with E-state index in [1.165, 1.54) is 23.1 Å². The fourth-order valence-corrected chi connectivity index (χ4v) is 9.02. The smallest absolute Gasteiger partial charge is 0.241 e. The van der Waals surface area contributed by atoms with Gasteiger partial charge in [-0.05, 0) is 73.2 Å². The van der Waals surface area contributed by atoms with E-state index in [0.717, 1.165) is 27.7 Å². The van der Waals surface area contributed by atoms with Crippen LogP contribution < -0.4 is 14.5 Å². The van der Waals surface area contributed by atoms with Crippen molar-refractivity contribution >= 4 is 52.7 Å². The number of carbonyl (C=O) groups excluding carboxylic acids is 4. The average molecular weight is 717 g/mol. The molecule has 4 aromatic rings. The number of rotatable bonds is 7. The normalized spacial score (nSPS) is 26.5. The van der Waals surface area contributed by atoms with E-state index in [0.29, 0.717) is 17.0 Å². The van der Waals surface area contributed by atoms with E-state index in [2.05, 4.69) is 6.58 Å². The van der Waals surface area contributed by atoms with Crippen LogP contribution in [-0.2, 0) is 25.8 Å². The highest BCUT2D eigenvalue weighted by molar-refractivity contribution is 6.32. The highest BCUT2D eigenvalue weighted by Crippen LogP contribution is 2.64. The molecule has 0 unspecified atom stereocenters. The Labute approximate surface area is 304 Å². The molecule has 10 heteroatoms. The second kappa shape index (κ2) is 12.6. The van der Waals surface area contributed by atoms with E-state index in [4.69, 9.17) is 16.3 Å². The van der Waals surface area contributed by atoms with Gasteiger partial charge in [-0.1, -0.05) is 84.4 Å². The molecule has 4 amide bonds. The van der Waals surface area contributed by atoms with Gasteiger partial charge in [-0.3, -0.25) is 24.1 Å². The second-order valence-corrected chi connectivity index (χ2v) is 14.5. The highest BCUT2D eigenvalue weighted by atomic mass is 35.5. The molecule has 52 heavy (non-hydrogen) atoms. The molecule has 8 rings (SSSR count). The quantitative estimate of drug-likeness (QED) is 0.154. The Hall–Kier alpha value is -5.54. The number of fused-ring (bicyclic) bond motifs is 4. The number of allylic oxidation sites excluding steroid dienone is 2. The van der Waals surface area contributed by atoms with Crippen molar-refractivity contribution in [3.8, 4) is 11.5 Å². The maximum Gasteiger partial charge on any atom is 0.241 e. The highest BCUT2D eigenvalue weighted by Gasteiger charge is 2.68. The first-order chi connectivity index (χ1) is 25.0.